The molecule has 0 unspecified atom stereocenters. The van der Waals surface area contributed by atoms with Gasteiger partial charge in [0, 0.05) is 13.0 Å². The first kappa shape index (κ1) is 15.8. The second-order valence-corrected chi connectivity index (χ2v) is 4.33. The lowest BCUT2D eigenvalue weighted by atomic mass is 10.2. The lowest BCUT2D eigenvalue weighted by molar-refractivity contribution is -0.135. The molecule has 1 aromatic carbocycles. The average molecular weight is 275 g/mol. The molecule has 0 spiro atoms. The second kappa shape index (κ2) is 8.04. The zero-order valence-corrected chi connectivity index (χ0v) is 11.1. The molecule has 0 saturated carbocycles. The van der Waals surface area contributed by atoms with Gasteiger partial charge in [0.05, 0.1) is 6.61 Å². The third-order valence-electron chi connectivity index (χ3n) is 2.63. The van der Waals surface area contributed by atoms with Crippen LogP contribution in [-0.2, 0) is 6.54 Å². The quantitative estimate of drug-likeness (QED) is 0.726. The fourth-order valence-electron chi connectivity index (χ4n) is 1.68. The Balaban J connectivity index is 2.12. The molecule has 0 heterocycles. The Morgan fingerprint density at radius 1 is 1.11 bits per heavy atom. The van der Waals surface area contributed by atoms with E-state index < -0.39 is 12.6 Å². The van der Waals surface area contributed by atoms with Crippen molar-refractivity contribution in [3.63, 3.8) is 0 Å². The number of nitrogens with one attached hydrogen (secondary N) is 1. The Kier molecular flexibility index (Phi) is 6.70. The summed E-state index contributed by atoms with van der Waals surface area (Å²) in [7, 11) is 0. The van der Waals surface area contributed by atoms with E-state index in [0.29, 0.717) is 26.1 Å². The van der Waals surface area contributed by atoms with E-state index >= 15 is 0 Å². The summed E-state index contributed by atoms with van der Waals surface area (Å²) in [5.41, 5.74) is 1.10. The smallest absolute Gasteiger partial charge is 0.389 e. The van der Waals surface area contributed by atoms with Gasteiger partial charge in [0.25, 0.3) is 0 Å². The Morgan fingerprint density at radius 2 is 1.79 bits per heavy atom. The average Bonchev–Trinajstić information content (AvgIpc) is 2.35. The van der Waals surface area contributed by atoms with Crippen LogP contribution in [0.4, 0.5) is 13.2 Å². The number of halogens is 3. The van der Waals surface area contributed by atoms with Gasteiger partial charge in [-0.05, 0) is 44.0 Å². The van der Waals surface area contributed by atoms with E-state index in [4.69, 9.17) is 4.74 Å². The van der Waals surface area contributed by atoms with Gasteiger partial charge in [-0.15, -0.1) is 0 Å². The normalized spacial score (nSPS) is 11.6. The standard InChI is InChI=1S/C14H20F3NO/c1-2-19-13-7-5-12(6-8-13)11-18-10-4-3-9-14(15,16)17/h5-8,18H,2-4,9-11H2,1H3. The zero-order chi connectivity index (χ0) is 14.1. The molecule has 1 aromatic rings. The minimum atomic E-state index is -4.03. The zero-order valence-electron chi connectivity index (χ0n) is 11.1. The van der Waals surface area contributed by atoms with Crippen molar-refractivity contribution in [2.75, 3.05) is 13.2 Å². The third-order valence-corrected chi connectivity index (χ3v) is 2.63. The molecule has 0 amide bonds. The molecule has 2 nitrogen and oxygen atoms in total. The SMILES string of the molecule is CCOc1ccc(CNCCCCC(F)(F)F)cc1. The number of benzene rings is 1. The number of ether oxygens (including phenoxy) is 1. The van der Waals surface area contributed by atoms with Crippen LogP contribution in [0.2, 0.25) is 0 Å². The van der Waals surface area contributed by atoms with Crippen LogP contribution in [-0.4, -0.2) is 19.3 Å². The van der Waals surface area contributed by atoms with Crippen molar-refractivity contribution in [1.29, 1.82) is 0 Å². The van der Waals surface area contributed by atoms with Crippen LogP contribution in [0, 0.1) is 0 Å². The molecule has 0 aromatic heterocycles. The van der Waals surface area contributed by atoms with Crippen molar-refractivity contribution in [1.82, 2.24) is 5.32 Å². The van der Waals surface area contributed by atoms with Crippen LogP contribution in [0.25, 0.3) is 0 Å². The maximum Gasteiger partial charge on any atom is 0.389 e. The van der Waals surface area contributed by atoms with Gasteiger partial charge in [-0.25, -0.2) is 0 Å². The van der Waals surface area contributed by atoms with Crippen molar-refractivity contribution in [2.24, 2.45) is 0 Å². The Morgan fingerprint density at radius 3 is 2.37 bits per heavy atom. The van der Waals surface area contributed by atoms with Crippen LogP contribution >= 0.6 is 0 Å². The summed E-state index contributed by atoms with van der Waals surface area (Å²) in [6, 6.07) is 7.69. The molecule has 0 aliphatic heterocycles. The predicted molar refractivity (Wildman–Crippen MR) is 69.2 cm³/mol. The highest BCUT2D eigenvalue weighted by atomic mass is 19.4. The number of rotatable bonds is 8. The molecular weight excluding hydrogens is 255 g/mol. The molecule has 0 aliphatic carbocycles. The first-order valence-electron chi connectivity index (χ1n) is 6.50. The van der Waals surface area contributed by atoms with E-state index in [1.165, 1.54) is 0 Å². The summed E-state index contributed by atoms with van der Waals surface area (Å²) in [5.74, 6) is 0.830. The number of alkyl halides is 3. The van der Waals surface area contributed by atoms with E-state index in [-0.39, 0.29) is 6.42 Å². The Bertz CT molecular complexity index is 349. The van der Waals surface area contributed by atoms with Gasteiger partial charge in [-0.3, -0.25) is 0 Å². The number of hydrogen-bond donors (Lipinski definition) is 1. The summed E-state index contributed by atoms with van der Waals surface area (Å²) < 4.78 is 41.0. The summed E-state index contributed by atoms with van der Waals surface area (Å²) in [6.07, 6.45) is -4.01. The maximum atomic E-state index is 11.9. The van der Waals surface area contributed by atoms with Crippen LogP contribution in [0.5, 0.6) is 5.75 Å². The van der Waals surface area contributed by atoms with Gasteiger partial charge < -0.3 is 10.1 Å². The monoisotopic (exact) mass is 275 g/mol. The fraction of sp³-hybridized carbons (Fsp3) is 0.571. The van der Waals surface area contributed by atoms with Crippen molar-refractivity contribution in [3.05, 3.63) is 29.8 Å². The molecule has 108 valence electrons. The molecular formula is C14H20F3NO. The predicted octanol–water partition coefficient (Wildman–Crippen LogP) is 3.91. The van der Waals surface area contributed by atoms with E-state index in [1.54, 1.807) is 0 Å². The van der Waals surface area contributed by atoms with Gasteiger partial charge in [-0.1, -0.05) is 12.1 Å². The first-order valence-corrected chi connectivity index (χ1v) is 6.50. The van der Waals surface area contributed by atoms with Gasteiger partial charge in [-0.2, -0.15) is 13.2 Å². The van der Waals surface area contributed by atoms with Crippen molar-refractivity contribution in [2.45, 2.75) is 38.9 Å². The minimum absolute atomic E-state index is 0.180. The molecule has 5 heteroatoms. The lowest BCUT2D eigenvalue weighted by Crippen LogP contribution is -2.15. The molecule has 0 radical (unpaired) electrons. The molecule has 0 atom stereocenters. The van der Waals surface area contributed by atoms with Crippen LogP contribution in [0.3, 0.4) is 0 Å². The van der Waals surface area contributed by atoms with Crippen molar-refractivity contribution >= 4 is 0 Å². The molecule has 0 fully saturated rings. The van der Waals surface area contributed by atoms with Crippen LogP contribution in [0.15, 0.2) is 24.3 Å². The number of hydrogen-bond acceptors (Lipinski definition) is 2. The third kappa shape index (κ3) is 7.72. The largest absolute Gasteiger partial charge is 0.494 e. The van der Waals surface area contributed by atoms with E-state index in [2.05, 4.69) is 5.32 Å². The van der Waals surface area contributed by atoms with E-state index in [9.17, 15) is 13.2 Å². The fourth-order valence-corrected chi connectivity index (χ4v) is 1.68. The Labute approximate surface area is 112 Å². The highest BCUT2D eigenvalue weighted by Crippen LogP contribution is 2.21. The maximum absolute atomic E-state index is 11.9. The van der Waals surface area contributed by atoms with E-state index in [0.717, 1.165) is 11.3 Å². The highest BCUT2D eigenvalue weighted by molar-refractivity contribution is 5.27. The molecule has 0 saturated heterocycles. The topological polar surface area (TPSA) is 21.3 Å². The van der Waals surface area contributed by atoms with Crippen molar-refractivity contribution in [3.8, 4) is 5.75 Å². The molecule has 1 rings (SSSR count). The number of unbranched alkanes of at least 4 members (excludes halogenated alkanes) is 1. The van der Waals surface area contributed by atoms with Gasteiger partial charge in [0.15, 0.2) is 0 Å². The van der Waals surface area contributed by atoms with Crippen molar-refractivity contribution < 1.29 is 17.9 Å². The summed E-state index contributed by atoms with van der Waals surface area (Å²) >= 11 is 0. The van der Waals surface area contributed by atoms with Gasteiger partial charge in [0.1, 0.15) is 5.75 Å². The van der Waals surface area contributed by atoms with E-state index in [1.807, 2.05) is 31.2 Å². The molecule has 0 bridgehead atoms. The summed E-state index contributed by atoms with van der Waals surface area (Å²) in [6.45, 7) is 3.83. The lowest BCUT2D eigenvalue weighted by Gasteiger charge is -2.08. The Hall–Kier alpha value is -1.23. The van der Waals surface area contributed by atoms with Gasteiger partial charge in [0.2, 0.25) is 0 Å². The second-order valence-electron chi connectivity index (χ2n) is 4.33. The summed E-state index contributed by atoms with van der Waals surface area (Å²) in [5, 5.41) is 3.13. The van der Waals surface area contributed by atoms with Crippen LogP contribution in [0.1, 0.15) is 31.7 Å². The summed E-state index contributed by atoms with van der Waals surface area (Å²) in [4.78, 5) is 0. The minimum Gasteiger partial charge on any atom is -0.494 e. The molecule has 0 aliphatic rings. The van der Waals surface area contributed by atoms with Gasteiger partial charge >= 0.3 is 6.18 Å². The molecule has 1 N–H and O–H groups in total. The first-order chi connectivity index (χ1) is 9.01. The molecule has 19 heavy (non-hydrogen) atoms. The van der Waals surface area contributed by atoms with Crippen LogP contribution < -0.4 is 10.1 Å². The highest BCUT2D eigenvalue weighted by Gasteiger charge is 2.25.